The van der Waals surface area contributed by atoms with Crippen molar-refractivity contribution in [3.63, 3.8) is 0 Å². The Kier molecular flexibility index (Phi) is 4.12. The number of carbonyl (C=O) groups is 1. The van der Waals surface area contributed by atoms with Crippen LogP contribution in [0.2, 0.25) is 0 Å². The maximum atomic E-state index is 11.3. The van der Waals surface area contributed by atoms with Crippen molar-refractivity contribution < 1.29 is 15.0 Å². The lowest BCUT2D eigenvalue weighted by Crippen LogP contribution is -2.12. The van der Waals surface area contributed by atoms with E-state index in [0.29, 0.717) is 11.1 Å². The highest BCUT2D eigenvalue weighted by Gasteiger charge is 2.22. The highest BCUT2D eigenvalue weighted by Crippen LogP contribution is 2.37. The molecule has 0 aliphatic carbocycles. The van der Waals surface area contributed by atoms with Crippen LogP contribution in [0.15, 0.2) is 67.3 Å². The first kappa shape index (κ1) is 14.9. The van der Waals surface area contributed by atoms with Gasteiger partial charge in [0.2, 0.25) is 0 Å². The van der Waals surface area contributed by atoms with Gasteiger partial charge in [0, 0.05) is 41.5 Å². The van der Waals surface area contributed by atoms with Gasteiger partial charge >= 0.3 is 5.97 Å². The Morgan fingerprint density at radius 2 is 1.57 bits per heavy atom. The van der Waals surface area contributed by atoms with E-state index in [-0.39, 0.29) is 0 Å². The monoisotopic (exact) mass is 306 g/mol. The number of nitrogens with zero attached hydrogens (tertiary/aromatic N) is 2. The van der Waals surface area contributed by atoms with Gasteiger partial charge in [-0.25, -0.2) is 4.79 Å². The van der Waals surface area contributed by atoms with Crippen LogP contribution in [0.3, 0.4) is 0 Å². The second-order valence-electron chi connectivity index (χ2n) is 4.99. The number of aliphatic hydroxyl groups excluding tert-OH is 1. The van der Waals surface area contributed by atoms with Gasteiger partial charge in [-0.3, -0.25) is 9.97 Å². The molecule has 5 nitrogen and oxygen atoms in total. The maximum absolute atomic E-state index is 11.3. The van der Waals surface area contributed by atoms with E-state index in [1.165, 1.54) is 0 Å². The number of aliphatic hydroxyl groups is 1. The van der Waals surface area contributed by atoms with Crippen molar-refractivity contribution in [3.8, 4) is 22.3 Å². The number of hydrogen-bond donors (Lipinski definition) is 2. The number of rotatable bonds is 4. The Bertz CT molecular complexity index is 820. The smallest absolute Gasteiger partial charge is 0.337 e. The molecule has 0 bridgehead atoms. The molecule has 0 amide bonds. The van der Waals surface area contributed by atoms with Crippen LogP contribution in [0, 0.1) is 0 Å². The maximum Gasteiger partial charge on any atom is 0.337 e. The van der Waals surface area contributed by atoms with E-state index in [0.717, 1.165) is 16.7 Å². The molecule has 0 saturated heterocycles. The Hall–Kier alpha value is -3.05. The normalized spacial score (nSPS) is 11.9. The molecule has 2 heterocycles. The van der Waals surface area contributed by atoms with Gasteiger partial charge < -0.3 is 10.2 Å². The van der Waals surface area contributed by atoms with Gasteiger partial charge in [-0.2, -0.15) is 0 Å². The Labute approximate surface area is 132 Å². The third kappa shape index (κ3) is 2.95. The fraction of sp³-hybridized carbons (Fsp3) is 0.0556. The quantitative estimate of drug-likeness (QED) is 0.774. The lowest BCUT2D eigenvalue weighted by molar-refractivity contribution is -0.146. The average Bonchev–Trinajstić information content (AvgIpc) is 2.62. The molecule has 2 aromatic heterocycles. The number of aromatic nitrogens is 2. The van der Waals surface area contributed by atoms with E-state index in [9.17, 15) is 15.0 Å². The van der Waals surface area contributed by atoms with E-state index in [1.807, 2.05) is 24.3 Å². The predicted octanol–water partition coefficient (Wildman–Crippen LogP) is 2.93. The largest absolute Gasteiger partial charge is 0.479 e. The summed E-state index contributed by atoms with van der Waals surface area (Å²) in [5.41, 5.74) is 3.34. The van der Waals surface area contributed by atoms with Gasteiger partial charge in [0.25, 0.3) is 0 Å². The fourth-order valence-corrected chi connectivity index (χ4v) is 2.53. The minimum atomic E-state index is -1.61. The third-order valence-electron chi connectivity index (χ3n) is 3.55. The van der Waals surface area contributed by atoms with Crippen molar-refractivity contribution in [2.24, 2.45) is 0 Å². The van der Waals surface area contributed by atoms with E-state index in [2.05, 4.69) is 9.97 Å². The minimum absolute atomic E-state index is 0.326. The number of hydrogen-bond acceptors (Lipinski definition) is 4. The van der Waals surface area contributed by atoms with Crippen molar-refractivity contribution in [1.82, 2.24) is 9.97 Å². The topological polar surface area (TPSA) is 83.3 Å². The van der Waals surface area contributed by atoms with Crippen molar-refractivity contribution in [1.29, 1.82) is 0 Å². The molecular formula is C18H14N2O3. The van der Waals surface area contributed by atoms with Crippen LogP contribution in [-0.4, -0.2) is 26.2 Å². The average molecular weight is 306 g/mol. The molecule has 1 atom stereocenters. The van der Waals surface area contributed by atoms with E-state index >= 15 is 0 Å². The number of carboxylic acid groups (broad SMARTS) is 1. The van der Waals surface area contributed by atoms with E-state index < -0.39 is 12.1 Å². The number of aliphatic carboxylic acids is 1. The van der Waals surface area contributed by atoms with Crippen LogP contribution in [0.5, 0.6) is 0 Å². The van der Waals surface area contributed by atoms with E-state index in [1.54, 1.807) is 43.0 Å². The molecule has 0 spiro atoms. The molecule has 0 aliphatic rings. The standard InChI is InChI=1S/C18H14N2O3/c21-17(18(22)23)15-7-1-6-14(12-4-2-8-19-10-12)16(15)13-5-3-9-20-11-13/h1-11,17,21H,(H,22,23). The highest BCUT2D eigenvalue weighted by molar-refractivity contribution is 5.88. The molecule has 3 aromatic rings. The summed E-state index contributed by atoms with van der Waals surface area (Å²) in [4.78, 5) is 19.5. The molecule has 0 radical (unpaired) electrons. The summed E-state index contributed by atoms with van der Waals surface area (Å²) in [6.45, 7) is 0. The van der Waals surface area contributed by atoms with Crippen LogP contribution < -0.4 is 0 Å². The lowest BCUT2D eigenvalue weighted by atomic mass is 9.89. The molecule has 0 aliphatic heterocycles. The zero-order valence-electron chi connectivity index (χ0n) is 12.1. The highest BCUT2D eigenvalue weighted by atomic mass is 16.4. The predicted molar refractivity (Wildman–Crippen MR) is 85.5 cm³/mol. The molecule has 5 heteroatoms. The molecule has 0 fully saturated rings. The Balaban J connectivity index is 2.29. The van der Waals surface area contributed by atoms with Gasteiger partial charge in [-0.15, -0.1) is 0 Å². The minimum Gasteiger partial charge on any atom is -0.479 e. The van der Waals surface area contributed by atoms with Crippen LogP contribution in [-0.2, 0) is 4.79 Å². The molecular weight excluding hydrogens is 292 g/mol. The third-order valence-corrected chi connectivity index (χ3v) is 3.55. The first-order chi connectivity index (χ1) is 11.2. The summed E-state index contributed by atoms with van der Waals surface area (Å²) in [5, 5.41) is 19.3. The Morgan fingerprint density at radius 1 is 0.913 bits per heavy atom. The van der Waals surface area contributed by atoms with Crippen LogP contribution in [0.1, 0.15) is 11.7 Å². The lowest BCUT2D eigenvalue weighted by Gasteiger charge is -2.17. The molecule has 0 saturated carbocycles. The number of pyridine rings is 2. The SMILES string of the molecule is O=C(O)C(O)c1cccc(-c2cccnc2)c1-c1cccnc1. The summed E-state index contributed by atoms with van der Waals surface area (Å²) in [5.74, 6) is -1.29. The van der Waals surface area contributed by atoms with Gasteiger partial charge in [0.1, 0.15) is 0 Å². The first-order valence-corrected chi connectivity index (χ1v) is 7.03. The van der Waals surface area contributed by atoms with Gasteiger partial charge in [-0.1, -0.05) is 30.3 Å². The van der Waals surface area contributed by atoms with Gasteiger partial charge in [0.05, 0.1) is 0 Å². The second kappa shape index (κ2) is 6.37. The summed E-state index contributed by atoms with van der Waals surface area (Å²) < 4.78 is 0. The van der Waals surface area contributed by atoms with Crippen LogP contribution in [0.4, 0.5) is 0 Å². The van der Waals surface area contributed by atoms with Gasteiger partial charge in [0.15, 0.2) is 6.10 Å². The zero-order chi connectivity index (χ0) is 16.2. The zero-order valence-corrected chi connectivity index (χ0v) is 12.1. The summed E-state index contributed by atoms with van der Waals surface area (Å²) >= 11 is 0. The van der Waals surface area contributed by atoms with Crippen LogP contribution in [0.25, 0.3) is 22.3 Å². The molecule has 3 rings (SSSR count). The molecule has 23 heavy (non-hydrogen) atoms. The first-order valence-electron chi connectivity index (χ1n) is 7.03. The fourth-order valence-electron chi connectivity index (χ4n) is 2.53. The van der Waals surface area contributed by atoms with Crippen molar-refractivity contribution in [2.75, 3.05) is 0 Å². The van der Waals surface area contributed by atoms with Crippen molar-refractivity contribution in [3.05, 3.63) is 72.8 Å². The molecule has 114 valence electrons. The molecule has 1 unspecified atom stereocenters. The number of benzene rings is 1. The summed E-state index contributed by atoms with van der Waals surface area (Å²) in [6, 6.07) is 12.5. The van der Waals surface area contributed by atoms with E-state index in [4.69, 9.17) is 0 Å². The van der Waals surface area contributed by atoms with Gasteiger partial charge in [-0.05, 0) is 23.3 Å². The Morgan fingerprint density at radius 3 is 2.13 bits per heavy atom. The summed E-state index contributed by atoms with van der Waals surface area (Å²) in [6.07, 6.45) is 5.05. The second-order valence-corrected chi connectivity index (χ2v) is 4.99. The van der Waals surface area contributed by atoms with Crippen molar-refractivity contribution in [2.45, 2.75) is 6.10 Å². The molecule has 1 aromatic carbocycles. The molecule has 2 N–H and O–H groups in total. The summed E-state index contributed by atoms with van der Waals surface area (Å²) in [7, 11) is 0. The number of carboxylic acids is 1. The van der Waals surface area contributed by atoms with Crippen LogP contribution >= 0.6 is 0 Å². The van der Waals surface area contributed by atoms with Crippen molar-refractivity contribution >= 4 is 5.97 Å².